The minimum absolute atomic E-state index is 0.0701. The molecule has 1 aromatic carbocycles. The summed E-state index contributed by atoms with van der Waals surface area (Å²) in [6.07, 6.45) is 2.32. The van der Waals surface area contributed by atoms with Gasteiger partial charge in [0.2, 0.25) is 5.91 Å². The molecule has 0 unspecified atom stereocenters. The minimum atomic E-state index is 0.0701. The second-order valence-corrected chi connectivity index (χ2v) is 4.47. The molecule has 1 heterocycles. The fraction of sp³-hybridized carbons (Fsp3) is 0.250. The van der Waals surface area contributed by atoms with Crippen LogP contribution in [0.3, 0.4) is 0 Å². The Morgan fingerprint density at radius 2 is 2.05 bits per heavy atom. The van der Waals surface area contributed by atoms with Crippen molar-refractivity contribution in [3.63, 3.8) is 0 Å². The maximum Gasteiger partial charge on any atom is 0.219 e. The van der Waals surface area contributed by atoms with Gasteiger partial charge in [-0.3, -0.25) is 9.78 Å². The number of rotatable bonds is 4. The Balaban J connectivity index is 2.28. The highest BCUT2D eigenvalue weighted by Crippen LogP contribution is 2.23. The first-order valence-corrected chi connectivity index (χ1v) is 6.48. The maximum absolute atomic E-state index is 11.4. The highest BCUT2D eigenvalue weighted by Gasteiger charge is 2.06. The molecule has 1 aromatic heterocycles. The molecule has 0 atom stereocenters. The van der Waals surface area contributed by atoms with Gasteiger partial charge < -0.3 is 5.32 Å². The average molecular weight is 254 g/mol. The van der Waals surface area contributed by atoms with Crippen LogP contribution in [0.4, 0.5) is 0 Å². The fourth-order valence-corrected chi connectivity index (χ4v) is 1.99. The van der Waals surface area contributed by atoms with E-state index in [4.69, 9.17) is 0 Å². The van der Waals surface area contributed by atoms with Crippen LogP contribution in [0.25, 0.3) is 11.1 Å². The molecule has 0 fully saturated rings. The molecule has 2 rings (SSSR count). The van der Waals surface area contributed by atoms with Crippen molar-refractivity contribution >= 4 is 5.91 Å². The van der Waals surface area contributed by atoms with Crippen molar-refractivity contribution in [2.45, 2.75) is 26.8 Å². The zero-order chi connectivity index (χ0) is 13.7. The molecule has 1 amide bonds. The molecule has 0 spiro atoms. The summed E-state index contributed by atoms with van der Waals surface area (Å²) in [5.74, 6) is 0.0701. The van der Waals surface area contributed by atoms with E-state index in [0.717, 1.165) is 22.4 Å². The van der Waals surface area contributed by atoms with E-state index in [1.807, 2.05) is 44.3 Å². The molecule has 19 heavy (non-hydrogen) atoms. The minimum Gasteiger partial charge on any atom is -0.352 e. The Hall–Kier alpha value is -2.16. The summed E-state index contributed by atoms with van der Waals surface area (Å²) in [7, 11) is 0. The molecule has 3 nitrogen and oxygen atoms in total. The van der Waals surface area contributed by atoms with Gasteiger partial charge in [0.25, 0.3) is 0 Å². The van der Waals surface area contributed by atoms with E-state index >= 15 is 0 Å². The number of carbonyl (C=O) groups is 1. The van der Waals surface area contributed by atoms with Crippen molar-refractivity contribution in [2.75, 3.05) is 0 Å². The van der Waals surface area contributed by atoms with E-state index in [0.29, 0.717) is 13.0 Å². The first-order chi connectivity index (χ1) is 9.20. The van der Waals surface area contributed by atoms with E-state index in [2.05, 4.69) is 22.4 Å². The van der Waals surface area contributed by atoms with Crippen LogP contribution in [0, 0.1) is 6.92 Å². The molecule has 98 valence electrons. The second-order valence-electron chi connectivity index (χ2n) is 4.47. The second kappa shape index (κ2) is 6.14. The summed E-state index contributed by atoms with van der Waals surface area (Å²) in [5, 5.41) is 2.92. The van der Waals surface area contributed by atoms with Crippen molar-refractivity contribution in [1.82, 2.24) is 10.3 Å². The summed E-state index contributed by atoms with van der Waals surface area (Å²) in [5.41, 5.74) is 4.39. The topological polar surface area (TPSA) is 42.0 Å². The third-order valence-corrected chi connectivity index (χ3v) is 3.02. The number of nitrogens with zero attached hydrogens (tertiary/aromatic N) is 1. The van der Waals surface area contributed by atoms with Crippen LogP contribution in [0.1, 0.15) is 24.6 Å². The van der Waals surface area contributed by atoms with Gasteiger partial charge in [0.15, 0.2) is 0 Å². The molecule has 0 saturated heterocycles. The lowest BCUT2D eigenvalue weighted by atomic mass is 10.00. The predicted molar refractivity (Wildman–Crippen MR) is 76.5 cm³/mol. The summed E-state index contributed by atoms with van der Waals surface area (Å²) < 4.78 is 0. The standard InChI is InChI=1S/C16H18N2O/c1-3-16(19)18-11-14-6-4-5-7-15(14)13-8-9-17-12(2)10-13/h4-10H,3,11H2,1-2H3,(H,18,19). The van der Waals surface area contributed by atoms with Crippen LogP contribution in [-0.2, 0) is 11.3 Å². The molecule has 0 aliphatic carbocycles. The Labute approximate surface area is 113 Å². The van der Waals surface area contributed by atoms with E-state index in [1.54, 1.807) is 0 Å². The Bertz CT molecular complexity index is 578. The lowest BCUT2D eigenvalue weighted by Gasteiger charge is -2.11. The van der Waals surface area contributed by atoms with E-state index < -0.39 is 0 Å². The van der Waals surface area contributed by atoms with Gasteiger partial charge in [-0.1, -0.05) is 31.2 Å². The number of nitrogens with one attached hydrogen (secondary N) is 1. The van der Waals surface area contributed by atoms with Crippen molar-refractivity contribution in [1.29, 1.82) is 0 Å². The van der Waals surface area contributed by atoms with E-state index in [1.165, 1.54) is 0 Å². The summed E-state index contributed by atoms with van der Waals surface area (Å²) in [6, 6.07) is 12.2. The van der Waals surface area contributed by atoms with Gasteiger partial charge in [-0.25, -0.2) is 0 Å². The SMILES string of the molecule is CCC(=O)NCc1ccccc1-c1ccnc(C)c1. The van der Waals surface area contributed by atoms with Gasteiger partial charge >= 0.3 is 0 Å². The number of aromatic nitrogens is 1. The highest BCUT2D eigenvalue weighted by molar-refractivity contribution is 5.76. The van der Waals surface area contributed by atoms with Crippen LogP contribution in [0.2, 0.25) is 0 Å². The van der Waals surface area contributed by atoms with Crippen LogP contribution >= 0.6 is 0 Å². The lowest BCUT2D eigenvalue weighted by molar-refractivity contribution is -0.120. The van der Waals surface area contributed by atoms with Crippen LogP contribution in [0.5, 0.6) is 0 Å². The number of hydrogen-bond donors (Lipinski definition) is 1. The largest absolute Gasteiger partial charge is 0.352 e. The molecule has 2 aromatic rings. The number of amides is 1. The molecule has 3 heteroatoms. The van der Waals surface area contributed by atoms with Gasteiger partial charge in [-0.15, -0.1) is 0 Å². The number of pyridine rings is 1. The third kappa shape index (κ3) is 3.41. The first-order valence-electron chi connectivity index (χ1n) is 6.48. The summed E-state index contributed by atoms with van der Waals surface area (Å²) >= 11 is 0. The van der Waals surface area contributed by atoms with Crippen molar-refractivity contribution < 1.29 is 4.79 Å². The molecule has 0 radical (unpaired) electrons. The van der Waals surface area contributed by atoms with Crippen molar-refractivity contribution in [2.24, 2.45) is 0 Å². The monoisotopic (exact) mass is 254 g/mol. The van der Waals surface area contributed by atoms with Crippen LogP contribution < -0.4 is 5.32 Å². The summed E-state index contributed by atoms with van der Waals surface area (Å²) in [4.78, 5) is 15.6. The molecule has 1 N–H and O–H groups in total. The van der Waals surface area contributed by atoms with Gasteiger partial charge in [0.1, 0.15) is 0 Å². The molecule has 0 aliphatic rings. The molecular weight excluding hydrogens is 236 g/mol. The molecule has 0 saturated carbocycles. The van der Waals surface area contributed by atoms with Crippen LogP contribution in [-0.4, -0.2) is 10.9 Å². The smallest absolute Gasteiger partial charge is 0.219 e. The van der Waals surface area contributed by atoms with Gasteiger partial charge in [0.05, 0.1) is 0 Å². The van der Waals surface area contributed by atoms with E-state index in [-0.39, 0.29) is 5.91 Å². The molecule has 0 bridgehead atoms. The number of hydrogen-bond acceptors (Lipinski definition) is 2. The van der Waals surface area contributed by atoms with Crippen molar-refractivity contribution in [3.8, 4) is 11.1 Å². The van der Waals surface area contributed by atoms with Gasteiger partial charge in [-0.2, -0.15) is 0 Å². The quantitative estimate of drug-likeness (QED) is 0.911. The van der Waals surface area contributed by atoms with Crippen molar-refractivity contribution in [3.05, 3.63) is 53.9 Å². The number of carbonyl (C=O) groups excluding carboxylic acids is 1. The maximum atomic E-state index is 11.4. The average Bonchev–Trinajstić information content (AvgIpc) is 2.45. The third-order valence-electron chi connectivity index (χ3n) is 3.02. The number of aryl methyl sites for hydroxylation is 1. The Kier molecular flexibility index (Phi) is 4.29. The van der Waals surface area contributed by atoms with E-state index in [9.17, 15) is 4.79 Å². The lowest BCUT2D eigenvalue weighted by Crippen LogP contribution is -2.21. The van der Waals surface area contributed by atoms with Gasteiger partial charge in [0, 0.05) is 24.9 Å². The Morgan fingerprint density at radius 3 is 2.79 bits per heavy atom. The van der Waals surface area contributed by atoms with Gasteiger partial charge in [-0.05, 0) is 35.7 Å². The fourth-order valence-electron chi connectivity index (χ4n) is 1.99. The highest BCUT2D eigenvalue weighted by atomic mass is 16.1. The molecule has 0 aliphatic heterocycles. The zero-order valence-electron chi connectivity index (χ0n) is 11.3. The predicted octanol–water partition coefficient (Wildman–Crippen LogP) is 3.08. The Morgan fingerprint density at radius 1 is 1.26 bits per heavy atom. The van der Waals surface area contributed by atoms with Crippen LogP contribution in [0.15, 0.2) is 42.6 Å². The first kappa shape index (κ1) is 13.3. The number of benzene rings is 1. The zero-order valence-corrected chi connectivity index (χ0v) is 11.3. The molecular formula is C16H18N2O. The summed E-state index contributed by atoms with van der Waals surface area (Å²) in [6.45, 7) is 4.39. The normalized spacial score (nSPS) is 10.2.